The number of anilines is 1. The van der Waals surface area contributed by atoms with Gasteiger partial charge in [0.1, 0.15) is 11.8 Å². The zero-order chi connectivity index (χ0) is 18.6. The van der Waals surface area contributed by atoms with E-state index in [0.717, 1.165) is 18.4 Å². The second kappa shape index (κ2) is 7.72. The van der Waals surface area contributed by atoms with Crippen LogP contribution in [0, 0.1) is 0 Å². The summed E-state index contributed by atoms with van der Waals surface area (Å²) in [6.07, 6.45) is 8.06. The molecule has 0 aliphatic heterocycles. The van der Waals surface area contributed by atoms with Crippen LogP contribution in [0.4, 0.5) is 5.82 Å². The van der Waals surface area contributed by atoms with E-state index in [-0.39, 0.29) is 12.0 Å². The minimum absolute atomic E-state index is 0.188. The molecule has 1 saturated carbocycles. The predicted molar refractivity (Wildman–Crippen MR) is 103 cm³/mol. The quantitative estimate of drug-likeness (QED) is 0.710. The Morgan fingerprint density at radius 1 is 1.15 bits per heavy atom. The Balaban J connectivity index is 1.66. The molecule has 0 unspecified atom stereocenters. The van der Waals surface area contributed by atoms with Gasteiger partial charge in [0, 0.05) is 23.0 Å². The lowest BCUT2D eigenvalue weighted by atomic mass is 9.96. The van der Waals surface area contributed by atoms with Crippen LogP contribution in [0.25, 0.3) is 11.3 Å². The van der Waals surface area contributed by atoms with E-state index in [1.807, 2.05) is 12.1 Å². The molecule has 4 rings (SSSR count). The second-order valence-corrected chi connectivity index (χ2v) is 6.72. The van der Waals surface area contributed by atoms with E-state index in [4.69, 9.17) is 16.3 Å². The highest BCUT2D eigenvalue weighted by Crippen LogP contribution is 2.30. The molecule has 136 valence electrons. The third kappa shape index (κ3) is 4.06. The lowest BCUT2D eigenvalue weighted by Gasteiger charge is -2.25. The summed E-state index contributed by atoms with van der Waals surface area (Å²) in [5.74, 6) is 0.497. The number of hydrogen-bond donors (Lipinski definition) is 1. The number of halogens is 1. The Morgan fingerprint density at radius 3 is 2.63 bits per heavy atom. The minimum atomic E-state index is -0.305. The van der Waals surface area contributed by atoms with Crippen molar-refractivity contribution in [2.75, 3.05) is 5.32 Å². The molecule has 1 amide bonds. The van der Waals surface area contributed by atoms with Gasteiger partial charge in [0.25, 0.3) is 5.91 Å². The number of pyridine rings is 1. The molecule has 1 N–H and O–H groups in total. The lowest BCUT2D eigenvalue weighted by molar-refractivity contribution is 0.102. The van der Waals surface area contributed by atoms with Crippen LogP contribution in [-0.2, 0) is 0 Å². The van der Waals surface area contributed by atoms with E-state index in [1.54, 1.807) is 30.5 Å². The van der Waals surface area contributed by atoms with Gasteiger partial charge in [-0.2, -0.15) is 0 Å². The van der Waals surface area contributed by atoms with Crippen molar-refractivity contribution in [2.24, 2.45) is 0 Å². The first-order valence-electron chi connectivity index (χ1n) is 8.70. The number of nitrogens with zero attached hydrogens (tertiary/aromatic N) is 3. The van der Waals surface area contributed by atoms with Crippen molar-refractivity contribution in [1.29, 1.82) is 0 Å². The Labute approximate surface area is 161 Å². The van der Waals surface area contributed by atoms with Crippen molar-refractivity contribution in [3.63, 3.8) is 0 Å². The Kier molecular flexibility index (Phi) is 4.98. The van der Waals surface area contributed by atoms with Gasteiger partial charge in [-0.15, -0.1) is 0 Å². The third-order valence-corrected chi connectivity index (χ3v) is 4.62. The minimum Gasteiger partial charge on any atom is -0.473 e. The topological polar surface area (TPSA) is 77.0 Å². The first kappa shape index (κ1) is 17.4. The number of benzene rings is 1. The SMILES string of the molecule is O=C(Nc1ncc(OC2CCC2)nc1-c1ccc(Cl)cc1)c1cccnc1. The van der Waals surface area contributed by atoms with Crippen LogP contribution < -0.4 is 10.1 Å². The third-order valence-electron chi connectivity index (χ3n) is 4.36. The fourth-order valence-corrected chi connectivity index (χ4v) is 2.79. The number of aromatic nitrogens is 3. The first-order valence-corrected chi connectivity index (χ1v) is 9.08. The van der Waals surface area contributed by atoms with Gasteiger partial charge < -0.3 is 10.1 Å². The fraction of sp³-hybridized carbons (Fsp3) is 0.200. The molecule has 3 aromatic rings. The molecule has 6 nitrogen and oxygen atoms in total. The number of ether oxygens (including phenoxy) is 1. The van der Waals surface area contributed by atoms with Crippen molar-refractivity contribution in [3.05, 3.63) is 65.6 Å². The van der Waals surface area contributed by atoms with Crippen LogP contribution >= 0.6 is 11.6 Å². The monoisotopic (exact) mass is 380 g/mol. The van der Waals surface area contributed by atoms with Gasteiger partial charge >= 0.3 is 0 Å². The molecule has 0 saturated heterocycles. The summed E-state index contributed by atoms with van der Waals surface area (Å²) in [6, 6.07) is 10.6. The van der Waals surface area contributed by atoms with Crippen molar-refractivity contribution in [3.8, 4) is 17.1 Å². The van der Waals surface area contributed by atoms with Gasteiger partial charge in [0.15, 0.2) is 5.82 Å². The zero-order valence-corrected chi connectivity index (χ0v) is 15.2. The Bertz CT molecular complexity index is 944. The average molecular weight is 381 g/mol. The molecule has 1 aliphatic carbocycles. The highest BCUT2D eigenvalue weighted by atomic mass is 35.5. The van der Waals surface area contributed by atoms with E-state index in [0.29, 0.717) is 28.0 Å². The van der Waals surface area contributed by atoms with Crippen molar-refractivity contribution in [1.82, 2.24) is 15.0 Å². The van der Waals surface area contributed by atoms with Crippen molar-refractivity contribution >= 4 is 23.3 Å². The number of carbonyl (C=O) groups excluding carboxylic acids is 1. The second-order valence-electron chi connectivity index (χ2n) is 6.28. The van der Waals surface area contributed by atoms with Gasteiger partial charge in [-0.3, -0.25) is 9.78 Å². The normalized spacial score (nSPS) is 13.7. The number of hydrogen-bond acceptors (Lipinski definition) is 5. The van der Waals surface area contributed by atoms with Crippen LogP contribution in [0.5, 0.6) is 5.88 Å². The summed E-state index contributed by atoms with van der Waals surface area (Å²) in [6.45, 7) is 0. The Hall–Kier alpha value is -2.99. The van der Waals surface area contributed by atoms with Crippen molar-refractivity contribution < 1.29 is 9.53 Å². The average Bonchev–Trinajstić information content (AvgIpc) is 2.67. The summed E-state index contributed by atoms with van der Waals surface area (Å²) in [5, 5.41) is 3.43. The number of nitrogens with one attached hydrogen (secondary N) is 1. The van der Waals surface area contributed by atoms with Crippen LogP contribution in [0.2, 0.25) is 5.02 Å². The maximum Gasteiger partial charge on any atom is 0.258 e. The molecule has 0 bridgehead atoms. The zero-order valence-electron chi connectivity index (χ0n) is 14.4. The number of amides is 1. The summed E-state index contributed by atoms with van der Waals surface area (Å²) in [5.41, 5.74) is 1.75. The van der Waals surface area contributed by atoms with E-state index < -0.39 is 0 Å². The van der Waals surface area contributed by atoms with E-state index >= 15 is 0 Å². The van der Waals surface area contributed by atoms with E-state index in [2.05, 4.69) is 20.3 Å². The molecule has 1 aliphatic rings. The van der Waals surface area contributed by atoms with E-state index in [1.165, 1.54) is 18.8 Å². The maximum atomic E-state index is 12.5. The number of carbonyl (C=O) groups is 1. The molecule has 2 heterocycles. The summed E-state index contributed by atoms with van der Waals surface area (Å²) >= 11 is 5.99. The summed E-state index contributed by atoms with van der Waals surface area (Å²) in [7, 11) is 0. The molecule has 1 aromatic carbocycles. The standard InChI is InChI=1S/C20H17ClN4O2/c21-15-8-6-13(7-9-15)18-19(25-20(26)14-3-2-10-22-11-14)23-12-17(24-18)27-16-4-1-5-16/h2-3,6-12,16H,1,4-5H2,(H,23,25,26). The fourth-order valence-electron chi connectivity index (χ4n) is 2.67. The van der Waals surface area contributed by atoms with Gasteiger partial charge in [-0.05, 0) is 43.5 Å². The van der Waals surface area contributed by atoms with Gasteiger partial charge in [0.05, 0.1) is 11.8 Å². The summed E-state index contributed by atoms with van der Waals surface area (Å²) in [4.78, 5) is 25.4. The first-order chi connectivity index (χ1) is 13.2. The molecule has 7 heteroatoms. The molecular weight excluding hydrogens is 364 g/mol. The van der Waals surface area contributed by atoms with Crippen LogP contribution in [0.3, 0.4) is 0 Å². The molecule has 1 fully saturated rings. The summed E-state index contributed by atoms with van der Waals surface area (Å²) < 4.78 is 5.86. The molecule has 2 aromatic heterocycles. The van der Waals surface area contributed by atoms with Crippen molar-refractivity contribution in [2.45, 2.75) is 25.4 Å². The van der Waals surface area contributed by atoms with Gasteiger partial charge in [-0.1, -0.05) is 23.7 Å². The molecular formula is C20H17ClN4O2. The van der Waals surface area contributed by atoms with Crippen LogP contribution in [0.1, 0.15) is 29.6 Å². The molecule has 0 spiro atoms. The number of rotatable bonds is 5. The largest absolute Gasteiger partial charge is 0.473 e. The maximum absolute atomic E-state index is 12.5. The Morgan fingerprint density at radius 2 is 1.96 bits per heavy atom. The van der Waals surface area contributed by atoms with Crippen LogP contribution in [0.15, 0.2) is 55.0 Å². The van der Waals surface area contributed by atoms with Crippen LogP contribution in [-0.4, -0.2) is 27.0 Å². The van der Waals surface area contributed by atoms with E-state index in [9.17, 15) is 4.79 Å². The highest BCUT2D eigenvalue weighted by Gasteiger charge is 2.21. The molecule has 27 heavy (non-hydrogen) atoms. The highest BCUT2D eigenvalue weighted by molar-refractivity contribution is 6.30. The smallest absolute Gasteiger partial charge is 0.258 e. The lowest BCUT2D eigenvalue weighted by Crippen LogP contribution is -2.25. The van der Waals surface area contributed by atoms with Gasteiger partial charge in [-0.25, -0.2) is 9.97 Å². The predicted octanol–water partition coefficient (Wildman–Crippen LogP) is 4.38. The van der Waals surface area contributed by atoms with Gasteiger partial charge in [0.2, 0.25) is 5.88 Å². The molecule has 0 radical (unpaired) electrons. The molecule has 0 atom stereocenters.